The summed E-state index contributed by atoms with van der Waals surface area (Å²) < 4.78 is 5.38. The van der Waals surface area contributed by atoms with Gasteiger partial charge in [-0.1, -0.05) is 24.3 Å². The van der Waals surface area contributed by atoms with Gasteiger partial charge < -0.3 is 4.74 Å². The van der Waals surface area contributed by atoms with E-state index in [9.17, 15) is 14.4 Å². The predicted molar refractivity (Wildman–Crippen MR) is 115 cm³/mol. The van der Waals surface area contributed by atoms with Gasteiger partial charge in [-0.25, -0.2) is 9.80 Å². The second-order valence-corrected chi connectivity index (χ2v) is 7.80. The number of anilines is 1. The number of nitrogens with zero attached hydrogens (tertiary/aromatic N) is 1. The quantitative estimate of drug-likeness (QED) is 0.300. The minimum atomic E-state index is -0.487. The van der Waals surface area contributed by atoms with E-state index < -0.39 is 17.8 Å². The Morgan fingerprint density at radius 3 is 2.60 bits per heavy atom. The third-order valence-corrected chi connectivity index (χ3v) is 5.59. The smallest absolute Gasteiger partial charge is 0.353 e. The Labute approximate surface area is 177 Å². The maximum Gasteiger partial charge on any atom is 0.353 e. The van der Waals surface area contributed by atoms with Gasteiger partial charge in [0.2, 0.25) is 0 Å². The molecule has 30 heavy (non-hydrogen) atoms. The number of carbonyl (C=O) groups excluding carboxylic acids is 3. The standard InChI is InChI=1S/C23H18N2O4S/c1-14-8-9-17(11-15(14)2)25-22(27)19(21(26)24-25)13-16-5-3-6-18(12-16)29-23(28)20-7-4-10-30-20/h3-13H,1-2H3,(H,24,26)/b19-13-. The van der Waals surface area contributed by atoms with E-state index >= 15 is 0 Å². The number of carbonyl (C=O) groups is 3. The van der Waals surface area contributed by atoms with Crippen molar-refractivity contribution >= 4 is 40.9 Å². The molecule has 0 unspecified atom stereocenters. The van der Waals surface area contributed by atoms with Gasteiger partial charge in [-0.15, -0.1) is 11.3 Å². The summed E-state index contributed by atoms with van der Waals surface area (Å²) in [4.78, 5) is 37.9. The van der Waals surface area contributed by atoms with E-state index in [0.717, 1.165) is 11.1 Å². The first kappa shape index (κ1) is 19.6. The Balaban J connectivity index is 1.57. The Bertz CT molecular complexity index is 1180. The number of hydrazine groups is 1. The van der Waals surface area contributed by atoms with Gasteiger partial charge >= 0.3 is 5.97 Å². The Hall–Kier alpha value is -3.71. The minimum absolute atomic E-state index is 0.00922. The van der Waals surface area contributed by atoms with Crippen LogP contribution in [0.1, 0.15) is 26.4 Å². The molecular formula is C23H18N2O4S. The average molecular weight is 418 g/mol. The third kappa shape index (κ3) is 3.88. The summed E-state index contributed by atoms with van der Waals surface area (Å²) in [5.41, 5.74) is 5.89. The lowest BCUT2D eigenvalue weighted by molar-refractivity contribution is -0.117. The van der Waals surface area contributed by atoms with Crippen molar-refractivity contribution in [2.24, 2.45) is 0 Å². The molecule has 0 radical (unpaired) electrons. The summed E-state index contributed by atoms with van der Waals surface area (Å²) in [5.74, 6) is -1.05. The minimum Gasteiger partial charge on any atom is -0.422 e. The van der Waals surface area contributed by atoms with Crippen LogP contribution < -0.4 is 15.2 Å². The number of rotatable bonds is 4. The molecule has 6 nitrogen and oxygen atoms in total. The number of thiophene rings is 1. The highest BCUT2D eigenvalue weighted by Crippen LogP contribution is 2.25. The lowest BCUT2D eigenvalue weighted by atomic mass is 10.1. The first-order valence-corrected chi connectivity index (χ1v) is 10.1. The second-order valence-electron chi connectivity index (χ2n) is 6.85. The molecule has 1 saturated heterocycles. The summed E-state index contributed by atoms with van der Waals surface area (Å²) in [6.45, 7) is 3.92. The molecule has 2 heterocycles. The van der Waals surface area contributed by atoms with Crippen molar-refractivity contribution in [3.63, 3.8) is 0 Å². The molecule has 4 rings (SSSR count). The third-order valence-electron chi connectivity index (χ3n) is 4.74. The molecule has 3 aromatic rings. The molecule has 2 aromatic carbocycles. The molecule has 150 valence electrons. The van der Waals surface area contributed by atoms with E-state index in [1.807, 2.05) is 26.0 Å². The maximum absolute atomic E-state index is 12.8. The van der Waals surface area contributed by atoms with Crippen LogP contribution in [0.15, 0.2) is 65.6 Å². The molecular weight excluding hydrogens is 400 g/mol. The molecule has 0 aliphatic carbocycles. The molecule has 0 spiro atoms. The summed E-state index contributed by atoms with van der Waals surface area (Å²) >= 11 is 1.29. The van der Waals surface area contributed by atoms with Gasteiger partial charge in [0.05, 0.1) is 5.69 Å². The van der Waals surface area contributed by atoms with Crippen LogP contribution in [-0.4, -0.2) is 17.8 Å². The first-order valence-electron chi connectivity index (χ1n) is 9.22. The van der Waals surface area contributed by atoms with Crippen molar-refractivity contribution in [2.45, 2.75) is 13.8 Å². The van der Waals surface area contributed by atoms with Gasteiger partial charge in [0.25, 0.3) is 11.8 Å². The van der Waals surface area contributed by atoms with Gasteiger partial charge in [0.1, 0.15) is 16.2 Å². The van der Waals surface area contributed by atoms with Crippen molar-refractivity contribution < 1.29 is 19.1 Å². The summed E-state index contributed by atoms with van der Waals surface area (Å²) in [6.07, 6.45) is 1.49. The number of aryl methyl sites for hydroxylation is 2. The fourth-order valence-corrected chi connectivity index (χ4v) is 3.59. The SMILES string of the molecule is Cc1ccc(N2NC(=O)/C(=C/c3cccc(OC(=O)c4cccs4)c3)C2=O)cc1C. The number of hydrogen-bond donors (Lipinski definition) is 1. The molecule has 1 N–H and O–H groups in total. The number of benzene rings is 2. The van der Waals surface area contributed by atoms with Crippen molar-refractivity contribution in [3.05, 3.63) is 87.1 Å². The maximum atomic E-state index is 12.8. The largest absolute Gasteiger partial charge is 0.422 e. The molecule has 0 atom stereocenters. The fourth-order valence-electron chi connectivity index (χ4n) is 2.99. The van der Waals surface area contributed by atoms with Crippen molar-refractivity contribution in [1.82, 2.24) is 5.43 Å². The highest BCUT2D eigenvalue weighted by Gasteiger charge is 2.34. The van der Waals surface area contributed by atoms with Crippen molar-refractivity contribution in [2.75, 3.05) is 5.01 Å². The molecule has 2 amide bonds. The van der Waals surface area contributed by atoms with Gasteiger partial charge in [0, 0.05) is 0 Å². The van der Waals surface area contributed by atoms with Crippen LogP contribution in [0, 0.1) is 13.8 Å². The summed E-state index contributed by atoms with van der Waals surface area (Å²) in [7, 11) is 0. The van der Waals surface area contributed by atoms with Crippen molar-refractivity contribution in [3.8, 4) is 5.75 Å². The van der Waals surface area contributed by atoms with E-state index in [2.05, 4.69) is 5.43 Å². The van der Waals surface area contributed by atoms with E-state index in [1.165, 1.54) is 22.4 Å². The van der Waals surface area contributed by atoms with E-state index in [0.29, 0.717) is 21.9 Å². The monoisotopic (exact) mass is 418 g/mol. The van der Waals surface area contributed by atoms with Gasteiger partial charge in [-0.05, 0) is 72.3 Å². The lowest BCUT2D eigenvalue weighted by Crippen LogP contribution is -2.35. The highest BCUT2D eigenvalue weighted by atomic mass is 32.1. The topological polar surface area (TPSA) is 75.7 Å². The second kappa shape index (κ2) is 7.96. The number of ether oxygens (including phenoxy) is 1. The van der Waals surface area contributed by atoms with Crippen LogP contribution in [0.5, 0.6) is 5.75 Å². The average Bonchev–Trinajstić information content (AvgIpc) is 3.35. The lowest BCUT2D eigenvalue weighted by Gasteiger charge is -2.15. The zero-order chi connectivity index (χ0) is 21.3. The normalized spacial score (nSPS) is 14.9. The molecule has 1 aromatic heterocycles. The fraction of sp³-hybridized carbons (Fsp3) is 0.0870. The number of hydrogen-bond acceptors (Lipinski definition) is 5. The van der Waals surface area contributed by atoms with Crippen LogP contribution in [-0.2, 0) is 9.59 Å². The molecule has 0 saturated carbocycles. The number of esters is 1. The van der Waals surface area contributed by atoms with E-state index in [-0.39, 0.29) is 5.57 Å². The number of amides is 2. The van der Waals surface area contributed by atoms with Gasteiger partial charge in [0.15, 0.2) is 0 Å². The molecule has 7 heteroatoms. The van der Waals surface area contributed by atoms with Crippen LogP contribution in [0.2, 0.25) is 0 Å². The van der Waals surface area contributed by atoms with Crippen molar-refractivity contribution in [1.29, 1.82) is 0 Å². The van der Waals surface area contributed by atoms with Crippen LogP contribution >= 0.6 is 11.3 Å². The Kier molecular flexibility index (Phi) is 5.20. The molecule has 0 bridgehead atoms. The zero-order valence-electron chi connectivity index (χ0n) is 16.3. The molecule has 1 fully saturated rings. The summed E-state index contributed by atoms with van der Waals surface area (Å²) in [6, 6.07) is 15.7. The number of nitrogens with one attached hydrogen (secondary N) is 1. The van der Waals surface area contributed by atoms with Crippen LogP contribution in [0.3, 0.4) is 0 Å². The van der Waals surface area contributed by atoms with E-state index in [4.69, 9.17) is 4.74 Å². The molecule has 1 aliphatic rings. The van der Waals surface area contributed by atoms with E-state index in [1.54, 1.807) is 47.8 Å². The van der Waals surface area contributed by atoms with Crippen LogP contribution in [0.4, 0.5) is 5.69 Å². The summed E-state index contributed by atoms with van der Waals surface area (Å²) in [5, 5.41) is 3.03. The van der Waals surface area contributed by atoms with Gasteiger partial charge in [-0.2, -0.15) is 0 Å². The Morgan fingerprint density at radius 2 is 1.87 bits per heavy atom. The zero-order valence-corrected chi connectivity index (χ0v) is 17.2. The van der Waals surface area contributed by atoms with Crippen LogP contribution in [0.25, 0.3) is 6.08 Å². The highest BCUT2D eigenvalue weighted by molar-refractivity contribution is 7.12. The van der Waals surface area contributed by atoms with Gasteiger partial charge in [-0.3, -0.25) is 15.0 Å². The predicted octanol–water partition coefficient (Wildman–Crippen LogP) is 4.05. The Morgan fingerprint density at radius 1 is 1.03 bits per heavy atom. The molecule has 1 aliphatic heterocycles. The first-order chi connectivity index (χ1) is 14.4.